The van der Waals surface area contributed by atoms with Gasteiger partial charge in [-0.05, 0) is 18.3 Å². The number of rotatable bonds is 2. The Morgan fingerprint density at radius 2 is 2.24 bits per heavy atom. The highest BCUT2D eigenvalue weighted by Gasteiger charge is 2.28. The maximum atomic E-state index is 6.19. The summed E-state index contributed by atoms with van der Waals surface area (Å²) in [5.41, 5.74) is 0.326. The molecule has 2 heterocycles. The Morgan fingerprint density at radius 1 is 1.47 bits per heavy atom. The highest BCUT2D eigenvalue weighted by atomic mass is 35.5. The van der Waals surface area contributed by atoms with Crippen LogP contribution in [0, 0.1) is 5.41 Å². The summed E-state index contributed by atoms with van der Waals surface area (Å²) in [6.07, 6.45) is 4.10. The lowest BCUT2D eigenvalue weighted by atomic mass is 9.84. The van der Waals surface area contributed by atoms with Crippen molar-refractivity contribution < 1.29 is 0 Å². The molecule has 0 radical (unpaired) electrons. The van der Waals surface area contributed by atoms with E-state index in [0.29, 0.717) is 16.4 Å². The maximum absolute atomic E-state index is 6.19. The molecule has 1 saturated heterocycles. The van der Waals surface area contributed by atoms with Crippen LogP contribution in [-0.2, 0) is 0 Å². The van der Waals surface area contributed by atoms with Gasteiger partial charge in [0.2, 0.25) is 5.95 Å². The first-order valence-electron chi connectivity index (χ1n) is 5.97. The van der Waals surface area contributed by atoms with Crippen molar-refractivity contribution in [2.24, 2.45) is 5.41 Å². The molecule has 4 nitrogen and oxygen atoms in total. The topological polar surface area (TPSA) is 41.1 Å². The third-order valence-electron chi connectivity index (χ3n) is 3.15. The first-order valence-corrected chi connectivity index (χ1v) is 6.35. The second-order valence-corrected chi connectivity index (χ2v) is 5.71. The molecule has 0 aliphatic carbocycles. The summed E-state index contributed by atoms with van der Waals surface area (Å²) in [5.74, 6) is 1.46. The molecule has 0 unspecified atom stereocenters. The molecule has 1 aliphatic heterocycles. The van der Waals surface area contributed by atoms with Crippen molar-refractivity contribution in [1.29, 1.82) is 0 Å². The van der Waals surface area contributed by atoms with Gasteiger partial charge in [-0.3, -0.25) is 0 Å². The second kappa shape index (κ2) is 4.69. The molecular formula is C12H19ClN4. The van der Waals surface area contributed by atoms with Crippen LogP contribution in [0.2, 0.25) is 5.02 Å². The van der Waals surface area contributed by atoms with E-state index < -0.39 is 0 Å². The predicted molar refractivity (Wildman–Crippen MR) is 71.8 cm³/mol. The third-order valence-corrected chi connectivity index (χ3v) is 3.42. The minimum absolute atomic E-state index is 0.326. The Hall–Kier alpha value is -1.03. The van der Waals surface area contributed by atoms with Gasteiger partial charge in [-0.15, -0.1) is 0 Å². The van der Waals surface area contributed by atoms with Crippen LogP contribution in [0.3, 0.4) is 0 Å². The van der Waals surface area contributed by atoms with Gasteiger partial charge in [-0.2, -0.15) is 4.98 Å². The van der Waals surface area contributed by atoms with Crippen LogP contribution in [-0.4, -0.2) is 30.1 Å². The number of halogens is 1. The summed E-state index contributed by atoms with van der Waals surface area (Å²) >= 11 is 6.19. The van der Waals surface area contributed by atoms with Gasteiger partial charge in [-0.1, -0.05) is 25.4 Å². The quantitative estimate of drug-likeness (QED) is 0.881. The number of hydrogen-bond acceptors (Lipinski definition) is 4. The Kier molecular flexibility index (Phi) is 3.43. The van der Waals surface area contributed by atoms with Crippen molar-refractivity contribution in [3.63, 3.8) is 0 Å². The summed E-state index contributed by atoms with van der Waals surface area (Å²) < 4.78 is 0. The Labute approximate surface area is 107 Å². The predicted octanol–water partition coefficient (Wildman–Crippen LogP) is 2.80. The summed E-state index contributed by atoms with van der Waals surface area (Å²) in [5, 5.41) is 3.57. The number of hydrogen-bond donors (Lipinski definition) is 1. The van der Waals surface area contributed by atoms with E-state index in [1.807, 2.05) is 7.05 Å². The second-order valence-electron chi connectivity index (χ2n) is 5.30. The molecule has 0 amide bonds. The number of anilines is 2. The normalized spacial score (nSPS) is 19.2. The first-order chi connectivity index (χ1) is 8.02. The summed E-state index contributed by atoms with van der Waals surface area (Å²) in [7, 11) is 1.81. The largest absolute Gasteiger partial charge is 0.357 e. The van der Waals surface area contributed by atoms with Crippen molar-refractivity contribution in [1.82, 2.24) is 9.97 Å². The summed E-state index contributed by atoms with van der Waals surface area (Å²) in [4.78, 5) is 10.8. The van der Waals surface area contributed by atoms with Gasteiger partial charge < -0.3 is 10.2 Å². The fourth-order valence-electron chi connectivity index (χ4n) is 2.30. The number of nitrogens with zero attached hydrogens (tertiary/aromatic N) is 3. The minimum Gasteiger partial charge on any atom is -0.357 e. The molecule has 94 valence electrons. The molecule has 0 saturated carbocycles. The van der Waals surface area contributed by atoms with E-state index in [1.165, 1.54) is 12.8 Å². The SMILES string of the molecule is CNc1ncc(Cl)c(N2CCCC(C)(C)C2)n1. The van der Waals surface area contributed by atoms with Crippen LogP contribution < -0.4 is 10.2 Å². The van der Waals surface area contributed by atoms with Crippen molar-refractivity contribution in [2.75, 3.05) is 30.4 Å². The molecule has 1 aromatic rings. The number of nitrogens with one attached hydrogen (secondary N) is 1. The maximum Gasteiger partial charge on any atom is 0.224 e. The van der Waals surface area contributed by atoms with Crippen molar-refractivity contribution in [3.05, 3.63) is 11.2 Å². The van der Waals surface area contributed by atoms with E-state index in [1.54, 1.807) is 6.20 Å². The van der Waals surface area contributed by atoms with E-state index in [4.69, 9.17) is 11.6 Å². The van der Waals surface area contributed by atoms with Crippen LogP contribution in [0.25, 0.3) is 0 Å². The highest BCUT2D eigenvalue weighted by Crippen LogP contribution is 2.33. The molecule has 0 atom stereocenters. The van der Waals surface area contributed by atoms with Gasteiger partial charge in [0.25, 0.3) is 0 Å². The standard InChI is InChI=1S/C12H19ClN4/c1-12(2)5-4-6-17(8-12)10-9(13)7-15-11(14-3)16-10/h7H,4-6,8H2,1-3H3,(H,14,15,16). The van der Waals surface area contributed by atoms with Gasteiger partial charge in [0.15, 0.2) is 5.82 Å². The molecule has 17 heavy (non-hydrogen) atoms. The molecule has 1 aromatic heterocycles. The average molecular weight is 255 g/mol. The monoisotopic (exact) mass is 254 g/mol. The first kappa shape index (κ1) is 12.4. The van der Waals surface area contributed by atoms with E-state index in [-0.39, 0.29) is 0 Å². The zero-order valence-corrected chi connectivity index (χ0v) is 11.4. The van der Waals surface area contributed by atoms with Gasteiger partial charge >= 0.3 is 0 Å². The Bertz CT molecular complexity index is 405. The fourth-order valence-corrected chi connectivity index (χ4v) is 2.51. The smallest absolute Gasteiger partial charge is 0.224 e. The summed E-state index contributed by atoms with van der Waals surface area (Å²) in [6.45, 7) is 6.58. The molecular weight excluding hydrogens is 236 g/mol. The van der Waals surface area contributed by atoms with E-state index >= 15 is 0 Å². The fraction of sp³-hybridized carbons (Fsp3) is 0.667. The van der Waals surface area contributed by atoms with E-state index in [2.05, 4.69) is 34.0 Å². The molecule has 1 fully saturated rings. The van der Waals surface area contributed by atoms with Crippen LogP contribution in [0.15, 0.2) is 6.20 Å². The lowest BCUT2D eigenvalue weighted by Gasteiger charge is -2.39. The molecule has 0 aromatic carbocycles. The van der Waals surface area contributed by atoms with Crippen LogP contribution >= 0.6 is 11.6 Å². The summed E-state index contributed by atoms with van der Waals surface area (Å²) in [6, 6.07) is 0. The van der Waals surface area contributed by atoms with Crippen molar-refractivity contribution in [2.45, 2.75) is 26.7 Å². The Balaban J connectivity index is 2.26. The number of aromatic nitrogens is 2. The zero-order valence-electron chi connectivity index (χ0n) is 10.6. The van der Waals surface area contributed by atoms with E-state index in [0.717, 1.165) is 18.9 Å². The van der Waals surface area contributed by atoms with E-state index in [9.17, 15) is 0 Å². The van der Waals surface area contributed by atoms with Crippen LogP contribution in [0.5, 0.6) is 0 Å². The molecule has 1 N–H and O–H groups in total. The molecule has 1 aliphatic rings. The molecule has 2 rings (SSSR count). The lowest BCUT2D eigenvalue weighted by molar-refractivity contribution is 0.292. The lowest BCUT2D eigenvalue weighted by Crippen LogP contribution is -2.40. The molecule has 0 spiro atoms. The molecule has 5 heteroatoms. The van der Waals surface area contributed by atoms with Crippen LogP contribution in [0.1, 0.15) is 26.7 Å². The minimum atomic E-state index is 0.326. The van der Waals surface area contributed by atoms with Gasteiger partial charge in [0.1, 0.15) is 5.02 Å². The van der Waals surface area contributed by atoms with Gasteiger partial charge in [0.05, 0.1) is 6.20 Å². The zero-order chi connectivity index (χ0) is 12.5. The van der Waals surface area contributed by atoms with Crippen molar-refractivity contribution >= 4 is 23.4 Å². The molecule has 0 bridgehead atoms. The van der Waals surface area contributed by atoms with Crippen molar-refractivity contribution in [3.8, 4) is 0 Å². The number of piperidine rings is 1. The third kappa shape index (κ3) is 2.80. The Morgan fingerprint density at radius 3 is 2.88 bits per heavy atom. The van der Waals surface area contributed by atoms with Gasteiger partial charge in [0, 0.05) is 20.1 Å². The van der Waals surface area contributed by atoms with Gasteiger partial charge in [-0.25, -0.2) is 4.98 Å². The average Bonchev–Trinajstić information content (AvgIpc) is 2.28. The van der Waals surface area contributed by atoms with Crippen LogP contribution in [0.4, 0.5) is 11.8 Å². The highest BCUT2D eigenvalue weighted by molar-refractivity contribution is 6.32.